The topological polar surface area (TPSA) is 43.0 Å². The lowest BCUT2D eigenvalue weighted by atomic mass is 9.89. The number of benzene rings is 3. The number of ether oxygens (including phenoxy) is 3. The summed E-state index contributed by atoms with van der Waals surface area (Å²) in [6, 6.07) is 23.1. The number of likely N-dealkylation sites (N-methyl/N-ethyl adjacent to an activating group) is 1. The summed E-state index contributed by atoms with van der Waals surface area (Å²) in [5, 5.41) is 3.67. The Morgan fingerprint density at radius 3 is 2.50 bits per heavy atom. The maximum absolute atomic E-state index is 6.06. The minimum absolute atomic E-state index is 0.116. The number of nitrogens with one attached hydrogen (secondary N) is 1. The largest absolute Gasteiger partial charge is 0.493 e. The number of fused-ring (bicyclic) bond motifs is 1. The van der Waals surface area contributed by atoms with Crippen LogP contribution in [-0.2, 0) is 13.0 Å². The second-order valence-corrected chi connectivity index (χ2v) is 8.56. The van der Waals surface area contributed by atoms with Gasteiger partial charge in [0.15, 0.2) is 11.5 Å². The number of hydrogen-bond acceptors (Lipinski definition) is 5. The monoisotopic (exact) mass is 460 g/mol. The summed E-state index contributed by atoms with van der Waals surface area (Å²) in [5.41, 5.74) is 4.96. The second kappa shape index (κ2) is 11.9. The molecular formula is C29H36N2O3. The summed E-state index contributed by atoms with van der Waals surface area (Å²) in [7, 11) is 1.70. The highest BCUT2D eigenvalue weighted by Crippen LogP contribution is 2.36. The van der Waals surface area contributed by atoms with E-state index in [-0.39, 0.29) is 6.04 Å². The van der Waals surface area contributed by atoms with E-state index >= 15 is 0 Å². The first kappa shape index (κ1) is 24.1. The molecule has 3 aromatic carbocycles. The summed E-state index contributed by atoms with van der Waals surface area (Å²) in [6.45, 7) is 9.46. The molecule has 0 saturated heterocycles. The molecule has 1 aliphatic rings. The molecule has 0 saturated carbocycles. The van der Waals surface area contributed by atoms with Crippen molar-refractivity contribution < 1.29 is 14.2 Å². The molecule has 0 spiro atoms. The molecule has 1 N–H and O–H groups in total. The highest BCUT2D eigenvalue weighted by Gasteiger charge is 2.23. The summed E-state index contributed by atoms with van der Waals surface area (Å²) < 4.78 is 17.8. The lowest BCUT2D eigenvalue weighted by Crippen LogP contribution is -2.30. The van der Waals surface area contributed by atoms with Crippen molar-refractivity contribution in [2.75, 3.05) is 39.9 Å². The zero-order valence-electron chi connectivity index (χ0n) is 20.5. The molecule has 180 valence electrons. The van der Waals surface area contributed by atoms with Crippen molar-refractivity contribution >= 4 is 0 Å². The van der Waals surface area contributed by atoms with E-state index in [1.165, 1.54) is 22.3 Å². The fourth-order valence-electron chi connectivity index (χ4n) is 4.48. The van der Waals surface area contributed by atoms with Gasteiger partial charge >= 0.3 is 0 Å². The Morgan fingerprint density at radius 1 is 0.912 bits per heavy atom. The zero-order chi connectivity index (χ0) is 23.8. The van der Waals surface area contributed by atoms with Crippen molar-refractivity contribution in [2.24, 2.45) is 0 Å². The molecule has 0 aromatic heterocycles. The van der Waals surface area contributed by atoms with Crippen LogP contribution in [-0.4, -0.2) is 44.8 Å². The van der Waals surface area contributed by atoms with Gasteiger partial charge in [0.25, 0.3) is 0 Å². The van der Waals surface area contributed by atoms with Crippen LogP contribution in [0.4, 0.5) is 0 Å². The second-order valence-electron chi connectivity index (χ2n) is 8.56. The molecule has 1 unspecified atom stereocenters. The van der Waals surface area contributed by atoms with Crippen LogP contribution in [0, 0.1) is 0 Å². The molecule has 5 heteroatoms. The summed E-state index contributed by atoms with van der Waals surface area (Å²) >= 11 is 0. The molecule has 0 aliphatic carbocycles. The van der Waals surface area contributed by atoms with E-state index < -0.39 is 0 Å². The van der Waals surface area contributed by atoms with E-state index in [1.54, 1.807) is 7.11 Å². The fourth-order valence-corrected chi connectivity index (χ4v) is 4.48. The van der Waals surface area contributed by atoms with Crippen LogP contribution in [0.25, 0.3) is 0 Å². The predicted molar refractivity (Wildman–Crippen MR) is 137 cm³/mol. The van der Waals surface area contributed by atoms with Crippen molar-refractivity contribution in [3.63, 3.8) is 0 Å². The molecule has 3 aromatic rings. The van der Waals surface area contributed by atoms with Gasteiger partial charge in [0.2, 0.25) is 0 Å². The predicted octanol–water partition coefficient (Wildman–Crippen LogP) is 5.23. The number of rotatable bonds is 11. The fraction of sp³-hybridized carbons (Fsp3) is 0.379. The molecule has 1 heterocycles. The van der Waals surface area contributed by atoms with Gasteiger partial charge in [-0.05, 0) is 66.0 Å². The van der Waals surface area contributed by atoms with E-state index in [2.05, 4.69) is 66.5 Å². The minimum atomic E-state index is 0.116. The van der Waals surface area contributed by atoms with Crippen LogP contribution in [0.3, 0.4) is 0 Å². The van der Waals surface area contributed by atoms with Gasteiger partial charge in [0, 0.05) is 13.1 Å². The van der Waals surface area contributed by atoms with Crippen molar-refractivity contribution in [3.05, 3.63) is 89.0 Å². The highest BCUT2D eigenvalue weighted by atomic mass is 16.5. The van der Waals surface area contributed by atoms with Crippen molar-refractivity contribution in [2.45, 2.75) is 32.9 Å². The van der Waals surface area contributed by atoms with Crippen molar-refractivity contribution in [1.82, 2.24) is 10.2 Å². The Bertz CT molecular complexity index is 1050. The van der Waals surface area contributed by atoms with E-state index in [0.717, 1.165) is 49.8 Å². The quantitative estimate of drug-likeness (QED) is 0.424. The third kappa shape index (κ3) is 5.91. The van der Waals surface area contributed by atoms with E-state index in [9.17, 15) is 0 Å². The molecule has 0 radical (unpaired) electrons. The van der Waals surface area contributed by atoms with Crippen LogP contribution < -0.4 is 19.5 Å². The van der Waals surface area contributed by atoms with Gasteiger partial charge in [-0.25, -0.2) is 0 Å². The zero-order valence-corrected chi connectivity index (χ0v) is 20.5. The van der Waals surface area contributed by atoms with E-state index in [0.29, 0.717) is 13.2 Å². The van der Waals surface area contributed by atoms with Crippen LogP contribution in [0.2, 0.25) is 0 Å². The number of hydrogen-bond donors (Lipinski definition) is 1. The third-order valence-corrected chi connectivity index (χ3v) is 6.50. The Hall–Kier alpha value is -3.02. The normalized spacial score (nSPS) is 15.1. The van der Waals surface area contributed by atoms with Crippen molar-refractivity contribution in [1.29, 1.82) is 0 Å². The van der Waals surface area contributed by atoms with Crippen LogP contribution >= 0.6 is 0 Å². The van der Waals surface area contributed by atoms with Gasteiger partial charge in [-0.3, -0.25) is 0 Å². The molecule has 1 atom stereocenters. The van der Waals surface area contributed by atoms with E-state index in [4.69, 9.17) is 14.2 Å². The first-order valence-electron chi connectivity index (χ1n) is 12.3. The molecular weight excluding hydrogens is 424 g/mol. The Balaban J connectivity index is 1.46. The smallest absolute Gasteiger partial charge is 0.161 e. The molecule has 34 heavy (non-hydrogen) atoms. The van der Waals surface area contributed by atoms with Gasteiger partial charge in [0.1, 0.15) is 19.0 Å². The summed E-state index contributed by atoms with van der Waals surface area (Å²) in [6.07, 6.45) is 0.984. The molecule has 1 aliphatic heterocycles. The maximum Gasteiger partial charge on any atom is 0.161 e. The molecule has 0 bridgehead atoms. The van der Waals surface area contributed by atoms with Crippen LogP contribution in [0.1, 0.15) is 42.1 Å². The number of methoxy groups -OCH3 is 1. The van der Waals surface area contributed by atoms with Gasteiger partial charge in [-0.1, -0.05) is 56.3 Å². The summed E-state index contributed by atoms with van der Waals surface area (Å²) in [5.74, 6) is 2.48. The van der Waals surface area contributed by atoms with Gasteiger partial charge in [-0.15, -0.1) is 0 Å². The lowest BCUT2D eigenvalue weighted by Gasteiger charge is -2.28. The molecule has 0 amide bonds. The minimum Gasteiger partial charge on any atom is -0.493 e. The third-order valence-electron chi connectivity index (χ3n) is 6.50. The van der Waals surface area contributed by atoms with Gasteiger partial charge in [0.05, 0.1) is 13.2 Å². The average molecular weight is 461 g/mol. The Morgan fingerprint density at radius 2 is 1.74 bits per heavy atom. The Kier molecular flexibility index (Phi) is 8.45. The number of nitrogens with zero attached hydrogens (tertiary/aromatic N) is 1. The van der Waals surface area contributed by atoms with Gasteiger partial charge in [-0.2, -0.15) is 0 Å². The van der Waals surface area contributed by atoms with Crippen LogP contribution in [0.15, 0.2) is 66.7 Å². The van der Waals surface area contributed by atoms with Gasteiger partial charge < -0.3 is 24.4 Å². The van der Waals surface area contributed by atoms with Crippen molar-refractivity contribution in [3.8, 4) is 17.2 Å². The Labute approximate surface area is 203 Å². The van der Waals surface area contributed by atoms with Crippen LogP contribution in [0.5, 0.6) is 17.2 Å². The first-order chi connectivity index (χ1) is 16.7. The molecule has 5 nitrogen and oxygen atoms in total. The SMILES string of the molecule is CCN(CC)CCOc1ccc(C2NCCc3cc(OCc4ccccc4)ccc32)cc1OC. The lowest BCUT2D eigenvalue weighted by molar-refractivity contribution is 0.217. The molecule has 4 rings (SSSR count). The summed E-state index contributed by atoms with van der Waals surface area (Å²) in [4.78, 5) is 2.35. The maximum atomic E-state index is 6.06. The standard InChI is InChI=1S/C29H36N2O3/c1-4-31(5-2)17-18-33-27-14-11-24(20-28(27)32-3)29-26-13-12-25(19-23(26)15-16-30-29)34-21-22-9-7-6-8-10-22/h6-14,19-20,29-30H,4-5,15-18,21H2,1-3H3. The van der Waals surface area contributed by atoms with E-state index in [1.807, 2.05) is 24.3 Å². The average Bonchev–Trinajstić information content (AvgIpc) is 2.90. The molecule has 0 fully saturated rings. The highest BCUT2D eigenvalue weighted by molar-refractivity contribution is 5.49. The first-order valence-corrected chi connectivity index (χ1v) is 12.3.